The summed E-state index contributed by atoms with van der Waals surface area (Å²) in [6.45, 7) is 2.29. The topological polar surface area (TPSA) is 68.5 Å². The zero-order valence-corrected chi connectivity index (χ0v) is 16.3. The Hall–Kier alpha value is -1.82. The molecule has 2 atom stereocenters. The first-order valence-electron chi connectivity index (χ1n) is 10.1. The van der Waals surface area contributed by atoms with Gasteiger partial charge in [-0.1, -0.05) is 0 Å². The molecule has 2 bridgehead atoms. The summed E-state index contributed by atoms with van der Waals surface area (Å²) in [5, 5.41) is 8.15. The number of aromatic nitrogens is 3. The van der Waals surface area contributed by atoms with E-state index >= 15 is 0 Å². The van der Waals surface area contributed by atoms with E-state index in [0.717, 1.165) is 37.0 Å². The minimum absolute atomic E-state index is 0.0468. The van der Waals surface area contributed by atoms with Gasteiger partial charge in [0.05, 0.1) is 12.5 Å². The Morgan fingerprint density at radius 2 is 2.00 bits per heavy atom. The molecular weight excluding hydrogens is 364 g/mol. The van der Waals surface area contributed by atoms with Crippen LogP contribution in [0.1, 0.15) is 56.9 Å². The molecule has 0 amide bonds. The third kappa shape index (κ3) is 3.08. The predicted molar refractivity (Wildman–Crippen MR) is 103 cm³/mol. The lowest BCUT2D eigenvalue weighted by atomic mass is 9.61. The number of carbonyl (C=O) groups is 1. The van der Waals surface area contributed by atoms with Crippen molar-refractivity contribution in [2.75, 3.05) is 11.9 Å². The van der Waals surface area contributed by atoms with E-state index in [2.05, 4.69) is 27.7 Å². The number of esters is 1. The summed E-state index contributed by atoms with van der Waals surface area (Å²) in [6.07, 6.45) is 9.06. The van der Waals surface area contributed by atoms with E-state index in [4.69, 9.17) is 16.3 Å². The van der Waals surface area contributed by atoms with Crippen LogP contribution in [-0.4, -0.2) is 33.2 Å². The maximum Gasteiger partial charge on any atom is 0.311 e. The van der Waals surface area contributed by atoms with Gasteiger partial charge < -0.3 is 10.1 Å². The summed E-state index contributed by atoms with van der Waals surface area (Å²) in [4.78, 5) is 17.2. The molecule has 4 fully saturated rings. The summed E-state index contributed by atoms with van der Waals surface area (Å²) >= 11 is 6.20. The van der Waals surface area contributed by atoms with Crippen molar-refractivity contribution in [3.8, 4) is 0 Å². The van der Waals surface area contributed by atoms with Gasteiger partial charge in [-0.05, 0) is 86.4 Å². The minimum Gasteiger partial charge on any atom is -0.466 e. The largest absolute Gasteiger partial charge is 0.466 e. The second-order valence-electron chi connectivity index (χ2n) is 8.23. The Morgan fingerprint density at radius 3 is 2.70 bits per heavy atom. The molecule has 2 heterocycles. The molecule has 0 aliphatic heterocycles. The third-order valence-corrected chi connectivity index (χ3v) is 6.75. The normalized spacial score (nSPS) is 29.9. The summed E-state index contributed by atoms with van der Waals surface area (Å²) in [5.74, 6) is 2.05. The molecule has 6 nitrogen and oxygen atoms in total. The van der Waals surface area contributed by atoms with Gasteiger partial charge in [-0.15, -0.1) is 5.10 Å². The van der Waals surface area contributed by atoms with Crippen LogP contribution in [0.2, 0.25) is 5.28 Å². The predicted octanol–water partition coefficient (Wildman–Crippen LogP) is 4.04. The quantitative estimate of drug-likeness (QED) is 0.783. The number of hydrogen-bond donors (Lipinski definition) is 1. The highest BCUT2D eigenvalue weighted by molar-refractivity contribution is 6.28. The molecule has 1 N–H and O–H groups in total. The van der Waals surface area contributed by atoms with Crippen molar-refractivity contribution in [3.05, 3.63) is 23.1 Å². The first kappa shape index (κ1) is 17.3. The number of nitrogens with one attached hydrogen (secondary N) is 1. The molecule has 144 valence electrons. The number of hydrogen-bond acceptors (Lipinski definition) is 5. The molecule has 27 heavy (non-hydrogen) atoms. The zero-order chi connectivity index (χ0) is 18.5. The van der Waals surface area contributed by atoms with Crippen LogP contribution in [-0.2, 0) is 9.53 Å². The Bertz CT molecular complexity index is 870. The lowest BCUT2D eigenvalue weighted by Crippen LogP contribution is -2.52. The first-order valence-corrected chi connectivity index (χ1v) is 10.5. The summed E-state index contributed by atoms with van der Waals surface area (Å²) in [6, 6.07) is 2.21. The molecule has 4 aliphatic carbocycles. The molecule has 0 radical (unpaired) electrons. The molecule has 4 aliphatic rings. The highest BCUT2D eigenvalue weighted by Gasteiger charge is 2.48. The van der Waals surface area contributed by atoms with Crippen LogP contribution in [0.25, 0.3) is 5.52 Å². The molecule has 2 aromatic rings. The van der Waals surface area contributed by atoms with Gasteiger partial charge in [-0.3, -0.25) is 4.79 Å². The lowest BCUT2D eigenvalue weighted by molar-refractivity contribution is -0.154. The number of halogens is 1. The highest BCUT2D eigenvalue weighted by Crippen LogP contribution is 2.47. The van der Waals surface area contributed by atoms with E-state index < -0.39 is 0 Å². The van der Waals surface area contributed by atoms with E-state index in [0.29, 0.717) is 24.4 Å². The van der Waals surface area contributed by atoms with E-state index in [1.807, 2.05) is 11.4 Å². The Balaban J connectivity index is 1.50. The molecule has 6 rings (SSSR count). The van der Waals surface area contributed by atoms with Gasteiger partial charge in [0, 0.05) is 12.2 Å². The number of nitrogens with zero attached hydrogens (tertiary/aromatic N) is 3. The first-order chi connectivity index (χ1) is 13.1. The summed E-state index contributed by atoms with van der Waals surface area (Å²) < 4.78 is 7.24. The van der Waals surface area contributed by atoms with Crippen molar-refractivity contribution >= 4 is 28.9 Å². The smallest absolute Gasteiger partial charge is 0.311 e. The molecule has 0 aromatic carbocycles. The number of carbonyl (C=O) groups excluding carboxylic acids is 1. The Labute approximate surface area is 163 Å². The minimum atomic E-state index is -0.107. The number of anilines is 1. The fourth-order valence-corrected chi connectivity index (χ4v) is 5.30. The van der Waals surface area contributed by atoms with E-state index in [-0.39, 0.29) is 23.2 Å². The number of fused-ring (bicyclic) bond motifs is 4. The van der Waals surface area contributed by atoms with Crippen LogP contribution in [0, 0.1) is 17.8 Å². The van der Waals surface area contributed by atoms with Crippen molar-refractivity contribution < 1.29 is 9.53 Å². The monoisotopic (exact) mass is 388 g/mol. The summed E-state index contributed by atoms with van der Waals surface area (Å²) in [5.41, 5.74) is 2.23. The summed E-state index contributed by atoms with van der Waals surface area (Å²) in [7, 11) is 0. The highest BCUT2D eigenvalue weighted by atomic mass is 35.5. The molecule has 0 saturated heterocycles. The van der Waals surface area contributed by atoms with E-state index in [1.165, 1.54) is 18.4 Å². The number of ether oxygens (including phenoxy) is 1. The molecule has 2 aromatic heterocycles. The molecule has 7 heteroatoms. The van der Waals surface area contributed by atoms with Gasteiger partial charge in [-0.25, -0.2) is 4.52 Å². The van der Waals surface area contributed by atoms with Gasteiger partial charge >= 0.3 is 5.97 Å². The van der Waals surface area contributed by atoms with Gasteiger partial charge in [0.25, 0.3) is 0 Å². The van der Waals surface area contributed by atoms with Crippen molar-refractivity contribution in [3.63, 3.8) is 0 Å². The second kappa shape index (κ2) is 6.66. The zero-order valence-electron chi connectivity index (χ0n) is 15.5. The Morgan fingerprint density at radius 1 is 1.26 bits per heavy atom. The van der Waals surface area contributed by atoms with Crippen molar-refractivity contribution in [1.29, 1.82) is 0 Å². The maximum absolute atomic E-state index is 12.7. The standard InChI is InChI=1S/C20H25ClN4O2/c1-2-27-19(26)16-12-5-7-13(8-6-12)17(16)22-18-15-9-14(11-3-4-11)10-25(15)24-20(21)23-18/h9-13,16-17H,2-8H2,1H3,(H,22,23,24)/t12?,13?,16-,17-/m1/s1. The van der Waals surface area contributed by atoms with Crippen molar-refractivity contribution in [1.82, 2.24) is 14.6 Å². The fraction of sp³-hybridized carbons (Fsp3) is 0.650. The average molecular weight is 389 g/mol. The molecule has 4 saturated carbocycles. The van der Waals surface area contributed by atoms with E-state index in [1.54, 1.807) is 0 Å². The lowest BCUT2D eigenvalue weighted by Gasteiger charge is -2.47. The van der Waals surface area contributed by atoms with Crippen LogP contribution < -0.4 is 5.32 Å². The molecule has 0 unspecified atom stereocenters. The van der Waals surface area contributed by atoms with Crippen LogP contribution in [0.5, 0.6) is 0 Å². The van der Waals surface area contributed by atoms with Gasteiger partial charge in [0.1, 0.15) is 5.52 Å². The van der Waals surface area contributed by atoms with Crippen molar-refractivity contribution in [2.24, 2.45) is 17.8 Å². The van der Waals surface area contributed by atoms with E-state index in [9.17, 15) is 4.79 Å². The SMILES string of the molecule is CCOC(=O)[C@@H]1C2CCC(CC2)[C@H]1Nc1nc(Cl)nn2cc(C3CC3)cc12. The average Bonchev–Trinajstić information content (AvgIpc) is 3.42. The maximum atomic E-state index is 12.7. The van der Waals surface area contributed by atoms with Crippen LogP contribution >= 0.6 is 11.6 Å². The van der Waals surface area contributed by atoms with Gasteiger partial charge in [0.2, 0.25) is 5.28 Å². The van der Waals surface area contributed by atoms with Crippen LogP contribution in [0.3, 0.4) is 0 Å². The van der Waals surface area contributed by atoms with Crippen LogP contribution in [0.15, 0.2) is 12.3 Å². The number of rotatable bonds is 5. The second-order valence-corrected chi connectivity index (χ2v) is 8.57. The molecule has 0 spiro atoms. The Kier molecular flexibility index (Phi) is 4.26. The van der Waals surface area contributed by atoms with Crippen molar-refractivity contribution in [2.45, 2.75) is 57.4 Å². The third-order valence-electron chi connectivity index (χ3n) is 6.59. The fourth-order valence-electron chi connectivity index (χ4n) is 5.13. The van der Waals surface area contributed by atoms with Gasteiger partial charge in [0.15, 0.2) is 5.82 Å². The molecular formula is C20H25ClN4O2. The van der Waals surface area contributed by atoms with Gasteiger partial charge in [-0.2, -0.15) is 4.98 Å². The van der Waals surface area contributed by atoms with Crippen LogP contribution in [0.4, 0.5) is 5.82 Å².